The normalized spacial score (nSPS) is 12.8. The number of nitrogen functional groups attached to an aromatic ring is 1. The standard InChI is InChI=1S/C9H14N2O/c1-12-9(6-10)7-4-2-3-5-8(7)11/h2-5,9H,6,10-11H2,1H3. The van der Waals surface area contributed by atoms with Gasteiger partial charge in [0.2, 0.25) is 0 Å². The lowest BCUT2D eigenvalue weighted by atomic mass is 10.1. The Morgan fingerprint density at radius 2 is 2.08 bits per heavy atom. The fourth-order valence-corrected chi connectivity index (χ4v) is 1.15. The van der Waals surface area contributed by atoms with Crippen LogP contribution in [-0.2, 0) is 4.74 Å². The molecule has 1 aromatic rings. The quantitative estimate of drug-likeness (QED) is 0.656. The molecular formula is C9H14N2O. The summed E-state index contributed by atoms with van der Waals surface area (Å²) in [4.78, 5) is 0. The van der Waals surface area contributed by atoms with Crippen LogP contribution in [0, 0.1) is 0 Å². The van der Waals surface area contributed by atoms with Crippen molar-refractivity contribution in [1.82, 2.24) is 0 Å². The summed E-state index contributed by atoms with van der Waals surface area (Å²) >= 11 is 0. The molecule has 0 saturated heterocycles. The van der Waals surface area contributed by atoms with E-state index in [4.69, 9.17) is 16.2 Å². The van der Waals surface area contributed by atoms with Crippen molar-refractivity contribution < 1.29 is 4.74 Å². The number of anilines is 1. The Balaban J connectivity index is 2.92. The number of nitrogens with two attached hydrogens (primary N) is 2. The summed E-state index contributed by atoms with van der Waals surface area (Å²) in [5.74, 6) is 0. The highest BCUT2D eigenvalue weighted by Crippen LogP contribution is 2.21. The molecule has 0 heterocycles. The van der Waals surface area contributed by atoms with Crippen LogP contribution in [0.4, 0.5) is 5.69 Å². The minimum Gasteiger partial charge on any atom is -0.398 e. The van der Waals surface area contributed by atoms with Crippen LogP contribution in [0.15, 0.2) is 24.3 Å². The molecule has 1 rings (SSSR count). The molecule has 0 aliphatic carbocycles. The van der Waals surface area contributed by atoms with Crippen LogP contribution in [0.25, 0.3) is 0 Å². The molecule has 12 heavy (non-hydrogen) atoms. The molecule has 0 saturated carbocycles. The van der Waals surface area contributed by atoms with E-state index in [1.54, 1.807) is 7.11 Å². The number of para-hydroxylation sites is 1. The van der Waals surface area contributed by atoms with E-state index < -0.39 is 0 Å². The molecule has 0 fully saturated rings. The van der Waals surface area contributed by atoms with E-state index in [1.165, 1.54) is 0 Å². The molecule has 1 aromatic carbocycles. The summed E-state index contributed by atoms with van der Waals surface area (Å²) in [6, 6.07) is 7.59. The summed E-state index contributed by atoms with van der Waals surface area (Å²) in [6.07, 6.45) is -0.0915. The van der Waals surface area contributed by atoms with Crippen LogP contribution in [0.1, 0.15) is 11.7 Å². The van der Waals surface area contributed by atoms with E-state index in [0.29, 0.717) is 6.54 Å². The Morgan fingerprint density at radius 1 is 1.42 bits per heavy atom. The van der Waals surface area contributed by atoms with E-state index in [1.807, 2.05) is 24.3 Å². The molecule has 4 N–H and O–H groups in total. The Morgan fingerprint density at radius 3 is 2.58 bits per heavy atom. The van der Waals surface area contributed by atoms with Gasteiger partial charge in [-0.3, -0.25) is 0 Å². The molecule has 66 valence electrons. The van der Waals surface area contributed by atoms with Gasteiger partial charge in [0, 0.05) is 24.9 Å². The summed E-state index contributed by atoms with van der Waals surface area (Å²) < 4.78 is 5.16. The third-order valence-electron chi connectivity index (χ3n) is 1.84. The zero-order chi connectivity index (χ0) is 8.97. The molecular weight excluding hydrogens is 152 g/mol. The second kappa shape index (κ2) is 4.09. The van der Waals surface area contributed by atoms with Crippen molar-refractivity contribution in [2.45, 2.75) is 6.10 Å². The van der Waals surface area contributed by atoms with Gasteiger partial charge in [0.15, 0.2) is 0 Å². The molecule has 0 spiro atoms. The zero-order valence-corrected chi connectivity index (χ0v) is 7.16. The molecule has 0 aromatic heterocycles. The lowest BCUT2D eigenvalue weighted by Gasteiger charge is -2.14. The molecule has 0 bridgehead atoms. The number of ether oxygens (including phenoxy) is 1. The summed E-state index contributed by atoms with van der Waals surface area (Å²) in [7, 11) is 1.63. The maximum Gasteiger partial charge on any atom is 0.0963 e. The van der Waals surface area contributed by atoms with E-state index >= 15 is 0 Å². The first-order valence-electron chi connectivity index (χ1n) is 3.87. The second-order valence-electron chi connectivity index (χ2n) is 2.59. The van der Waals surface area contributed by atoms with Crippen molar-refractivity contribution in [3.63, 3.8) is 0 Å². The molecule has 1 atom stereocenters. The molecule has 3 nitrogen and oxygen atoms in total. The minimum atomic E-state index is -0.0915. The zero-order valence-electron chi connectivity index (χ0n) is 7.16. The Labute approximate surface area is 72.3 Å². The van der Waals surface area contributed by atoms with Crippen molar-refractivity contribution in [2.75, 3.05) is 19.4 Å². The predicted molar refractivity (Wildman–Crippen MR) is 49.7 cm³/mol. The van der Waals surface area contributed by atoms with E-state index in [0.717, 1.165) is 11.3 Å². The van der Waals surface area contributed by atoms with E-state index in [-0.39, 0.29) is 6.10 Å². The van der Waals surface area contributed by atoms with Crippen LogP contribution in [0.2, 0.25) is 0 Å². The van der Waals surface area contributed by atoms with Crippen LogP contribution < -0.4 is 11.5 Å². The number of methoxy groups -OCH3 is 1. The maximum absolute atomic E-state index is 5.74. The number of hydrogen-bond acceptors (Lipinski definition) is 3. The van der Waals surface area contributed by atoms with Crippen molar-refractivity contribution >= 4 is 5.69 Å². The Kier molecular flexibility index (Phi) is 3.08. The lowest BCUT2D eigenvalue weighted by Crippen LogP contribution is -2.15. The van der Waals surface area contributed by atoms with Crippen LogP contribution >= 0.6 is 0 Å². The largest absolute Gasteiger partial charge is 0.398 e. The third kappa shape index (κ3) is 1.75. The van der Waals surface area contributed by atoms with Gasteiger partial charge in [-0.25, -0.2) is 0 Å². The number of benzene rings is 1. The van der Waals surface area contributed by atoms with Crippen molar-refractivity contribution in [3.05, 3.63) is 29.8 Å². The van der Waals surface area contributed by atoms with Gasteiger partial charge in [-0.1, -0.05) is 18.2 Å². The summed E-state index contributed by atoms with van der Waals surface area (Å²) in [5.41, 5.74) is 12.9. The summed E-state index contributed by atoms with van der Waals surface area (Å²) in [6.45, 7) is 0.449. The maximum atomic E-state index is 5.74. The topological polar surface area (TPSA) is 61.3 Å². The number of hydrogen-bond donors (Lipinski definition) is 2. The molecule has 0 radical (unpaired) electrons. The average Bonchev–Trinajstić information content (AvgIpc) is 2.10. The molecule has 3 heteroatoms. The van der Waals surface area contributed by atoms with Gasteiger partial charge in [0.25, 0.3) is 0 Å². The average molecular weight is 166 g/mol. The highest BCUT2D eigenvalue weighted by molar-refractivity contribution is 5.47. The predicted octanol–water partition coefficient (Wildman–Crippen LogP) is 0.915. The third-order valence-corrected chi connectivity index (χ3v) is 1.84. The monoisotopic (exact) mass is 166 g/mol. The van der Waals surface area contributed by atoms with Gasteiger partial charge in [-0.2, -0.15) is 0 Å². The molecule has 1 unspecified atom stereocenters. The first-order valence-corrected chi connectivity index (χ1v) is 3.87. The van der Waals surface area contributed by atoms with Gasteiger partial charge in [0.05, 0.1) is 6.10 Å². The van der Waals surface area contributed by atoms with Crippen molar-refractivity contribution in [1.29, 1.82) is 0 Å². The van der Waals surface area contributed by atoms with Crippen LogP contribution in [0.5, 0.6) is 0 Å². The summed E-state index contributed by atoms with van der Waals surface area (Å²) in [5, 5.41) is 0. The fraction of sp³-hybridized carbons (Fsp3) is 0.333. The van der Waals surface area contributed by atoms with Gasteiger partial charge < -0.3 is 16.2 Å². The number of rotatable bonds is 3. The van der Waals surface area contributed by atoms with Crippen LogP contribution in [-0.4, -0.2) is 13.7 Å². The van der Waals surface area contributed by atoms with Gasteiger partial charge in [0.1, 0.15) is 0 Å². The molecule has 0 aliphatic heterocycles. The second-order valence-corrected chi connectivity index (χ2v) is 2.59. The van der Waals surface area contributed by atoms with Crippen molar-refractivity contribution in [3.8, 4) is 0 Å². The highest BCUT2D eigenvalue weighted by atomic mass is 16.5. The lowest BCUT2D eigenvalue weighted by molar-refractivity contribution is 0.111. The van der Waals surface area contributed by atoms with E-state index in [9.17, 15) is 0 Å². The molecule has 0 aliphatic rings. The fourth-order valence-electron chi connectivity index (χ4n) is 1.15. The van der Waals surface area contributed by atoms with Crippen LogP contribution in [0.3, 0.4) is 0 Å². The Hall–Kier alpha value is -1.06. The molecule has 0 amide bonds. The first-order chi connectivity index (χ1) is 5.79. The van der Waals surface area contributed by atoms with Crippen molar-refractivity contribution in [2.24, 2.45) is 5.73 Å². The highest BCUT2D eigenvalue weighted by Gasteiger charge is 2.09. The smallest absolute Gasteiger partial charge is 0.0963 e. The Bertz CT molecular complexity index is 246. The van der Waals surface area contributed by atoms with Gasteiger partial charge in [-0.05, 0) is 6.07 Å². The SMILES string of the molecule is COC(CN)c1ccccc1N. The van der Waals surface area contributed by atoms with Gasteiger partial charge in [-0.15, -0.1) is 0 Å². The minimum absolute atomic E-state index is 0.0915. The first kappa shape index (κ1) is 9.03. The van der Waals surface area contributed by atoms with Gasteiger partial charge >= 0.3 is 0 Å². The van der Waals surface area contributed by atoms with E-state index in [2.05, 4.69) is 0 Å².